The molecule has 22 heavy (non-hydrogen) atoms. The summed E-state index contributed by atoms with van der Waals surface area (Å²) >= 11 is 6.13. The number of halogens is 1. The van der Waals surface area contributed by atoms with Crippen molar-refractivity contribution in [2.45, 2.75) is 20.3 Å². The van der Waals surface area contributed by atoms with Gasteiger partial charge in [-0.15, -0.1) is 0 Å². The van der Waals surface area contributed by atoms with Crippen LogP contribution in [0.2, 0.25) is 5.02 Å². The maximum Gasteiger partial charge on any atom is 0.168 e. The Kier molecular flexibility index (Phi) is 5.34. The summed E-state index contributed by atoms with van der Waals surface area (Å²) in [5, 5.41) is 0.673. The number of aliphatic imine (C=N–C) groups is 1. The Bertz CT molecular complexity index is 699. The SMILES string of the molecule is CCC(C)=C/C(=C1/N=C(C=O)C=CN1C)c1cccc(Cl)c1. The topological polar surface area (TPSA) is 32.7 Å². The van der Waals surface area contributed by atoms with Crippen LogP contribution in [0.4, 0.5) is 0 Å². The van der Waals surface area contributed by atoms with Gasteiger partial charge in [-0.05, 0) is 37.1 Å². The molecule has 114 valence electrons. The van der Waals surface area contributed by atoms with Crippen molar-refractivity contribution in [2.24, 2.45) is 4.99 Å². The zero-order valence-electron chi connectivity index (χ0n) is 13.0. The Hall–Kier alpha value is -2.13. The molecule has 0 radical (unpaired) electrons. The van der Waals surface area contributed by atoms with E-state index in [-0.39, 0.29) is 0 Å². The number of carbonyl (C=O) groups excluding carboxylic acids is 1. The molecule has 1 aliphatic heterocycles. The molecule has 1 aromatic rings. The van der Waals surface area contributed by atoms with Gasteiger partial charge < -0.3 is 4.90 Å². The highest BCUT2D eigenvalue weighted by Gasteiger charge is 2.14. The standard InChI is InChI=1S/C18H19ClN2O/c1-4-13(2)10-17(14-6-5-7-15(19)11-14)18-20-16(12-22)8-9-21(18)3/h5-12H,4H2,1-3H3/b13-10?,18-17+. The summed E-state index contributed by atoms with van der Waals surface area (Å²) in [6.07, 6.45) is 7.34. The zero-order chi connectivity index (χ0) is 16.1. The van der Waals surface area contributed by atoms with Crippen molar-refractivity contribution < 1.29 is 4.79 Å². The molecule has 1 heterocycles. The molecule has 0 aromatic heterocycles. The molecule has 1 aromatic carbocycles. The molecule has 0 saturated heterocycles. The lowest BCUT2D eigenvalue weighted by Crippen LogP contribution is -2.17. The van der Waals surface area contributed by atoms with E-state index in [1.807, 2.05) is 42.4 Å². The molecule has 3 nitrogen and oxygen atoms in total. The van der Waals surface area contributed by atoms with Crippen molar-refractivity contribution >= 4 is 29.2 Å². The predicted molar refractivity (Wildman–Crippen MR) is 92.8 cm³/mol. The van der Waals surface area contributed by atoms with Crippen LogP contribution >= 0.6 is 11.6 Å². The van der Waals surface area contributed by atoms with Crippen LogP contribution in [-0.4, -0.2) is 23.9 Å². The summed E-state index contributed by atoms with van der Waals surface area (Å²) in [4.78, 5) is 17.4. The Morgan fingerprint density at radius 1 is 1.41 bits per heavy atom. The van der Waals surface area contributed by atoms with E-state index in [0.29, 0.717) is 10.7 Å². The number of aldehydes is 1. The van der Waals surface area contributed by atoms with E-state index in [1.165, 1.54) is 5.57 Å². The first-order chi connectivity index (χ1) is 10.5. The minimum atomic E-state index is 0.412. The number of hydrogen-bond donors (Lipinski definition) is 0. The van der Waals surface area contributed by atoms with E-state index in [2.05, 4.69) is 24.9 Å². The molecule has 0 N–H and O–H groups in total. The quantitative estimate of drug-likeness (QED) is 0.768. The summed E-state index contributed by atoms with van der Waals surface area (Å²) in [6, 6.07) is 7.66. The molecule has 0 aliphatic carbocycles. The Labute approximate surface area is 136 Å². The predicted octanol–water partition coefficient (Wildman–Crippen LogP) is 4.46. The van der Waals surface area contributed by atoms with Gasteiger partial charge in [-0.2, -0.15) is 0 Å². The van der Waals surface area contributed by atoms with Crippen LogP contribution in [0.5, 0.6) is 0 Å². The second-order valence-electron chi connectivity index (χ2n) is 5.17. The summed E-state index contributed by atoms with van der Waals surface area (Å²) in [5.41, 5.74) is 3.57. The molecule has 2 rings (SSSR count). The Morgan fingerprint density at radius 2 is 2.18 bits per heavy atom. The second-order valence-corrected chi connectivity index (χ2v) is 5.61. The highest BCUT2D eigenvalue weighted by molar-refractivity contribution is 6.34. The average molecular weight is 315 g/mol. The minimum Gasteiger partial charge on any atom is -0.335 e. The second kappa shape index (κ2) is 7.23. The fourth-order valence-electron chi connectivity index (χ4n) is 2.09. The fourth-order valence-corrected chi connectivity index (χ4v) is 2.28. The molecule has 0 amide bonds. The summed E-state index contributed by atoms with van der Waals surface area (Å²) in [7, 11) is 1.91. The van der Waals surface area contributed by atoms with Gasteiger partial charge in [0, 0.05) is 23.8 Å². The van der Waals surface area contributed by atoms with Crippen molar-refractivity contribution in [1.82, 2.24) is 4.90 Å². The minimum absolute atomic E-state index is 0.412. The van der Waals surface area contributed by atoms with Crippen LogP contribution in [0.25, 0.3) is 5.57 Å². The monoisotopic (exact) mass is 314 g/mol. The highest BCUT2D eigenvalue weighted by atomic mass is 35.5. The Balaban J connectivity index is 2.67. The summed E-state index contributed by atoms with van der Waals surface area (Å²) in [5.74, 6) is 0.736. The normalized spacial score (nSPS) is 17.4. The molecule has 0 bridgehead atoms. The Morgan fingerprint density at radius 3 is 2.82 bits per heavy atom. The van der Waals surface area contributed by atoms with Crippen molar-refractivity contribution in [3.63, 3.8) is 0 Å². The first-order valence-electron chi connectivity index (χ1n) is 7.17. The van der Waals surface area contributed by atoms with Crippen molar-refractivity contribution in [2.75, 3.05) is 7.05 Å². The molecule has 0 fully saturated rings. The van der Waals surface area contributed by atoms with E-state index in [9.17, 15) is 4.79 Å². The first-order valence-corrected chi connectivity index (χ1v) is 7.55. The van der Waals surface area contributed by atoms with E-state index in [0.717, 1.165) is 29.7 Å². The largest absolute Gasteiger partial charge is 0.335 e. The highest BCUT2D eigenvalue weighted by Crippen LogP contribution is 2.28. The fraction of sp³-hybridized carbons (Fsp3) is 0.222. The number of nitrogens with zero attached hydrogens (tertiary/aromatic N) is 2. The van der Waals surface area contributed by atoms with Gasteiger partial charge in [0.15, 0.2) is 6.29 Å². The molecule has 0 saturated carbocycles. The van der Waals surface area contributed by atoms with E-state index >= 15 is 0 Å². The maximum atomic E-state index is 11.0. The van der Waals surface area contributed by atoms with Gasteiger partial charge in [-0.25, -0.2) is 4.99 Å². The van der Waals surface area contributed by atoms with Crippen LogP contribution in [-0.2, 0) is 4.79 Å². The van der Waals surface area contributed by atoms with Crippen LogP contribution < -0.4 is 0 Å². The van der Waals surface area contributed by atoms with Gasteiger partial charge in [-0.3, -0.25) is 4.79 Å². The van der Waals surface area contributed by atoms with Gasteiger partial charge in [0.05, 0.1) is 0 Å². The average Bonchev–Trinajstić information content (AvgIpc) is 2.53. The van der Waals surface area contributed by atoms with E-state index in [1.54, 1.807) is 6.08 Å². The smallest absolute Gasteiger partial charge is 0.168 e. The first kappa shape index (κ1) is 16.2. The third-order valence-electron chi connectivity index (χ3n) is 3.48. The third kappa shape index (κ3) is 3.74. The van der Waals surface area contributed by atoms with E-state index < -0.39 is 0 Å². The van der Waals surface area contributed by atoms with Crippen molar-refractivity contribution in [3.05, 3.63) is 64.6 Å². The molecule has 0 spiro atoms. The summed E-state index contributed by atoms with van der Waals surface area (Å²) < 4.78 is 0. The van der Waals surface area contributed by atoms with Crippen LogP contribution in [0.3, 0.4) is 0 Å². The zero-order valence-corrected chi connectivity index (χ0v) is 13.8. The van der Waals surface area contributed by atoms with Gasteiger partial charge >= 0.3 is 0 Å². The maximum absolute atomic E-state index is 11.0. The van der Waals surface area contributed by atoms with Crippen molar-refractivity contribution in [1.29, 1.82) is 0 Å². The number of allylic oxidation sites excluding steroid dienone is 4. The van der Waals surface area contributed by atoms with E-state index in [4.69, 9.17) is 11.6 Å². The van der Waals surface area contributed by atoms with Crippen LogP contribution in [0, 0.1) is 0 Å². The molecule has 0 atom stereocenters. The summed E-state index contributed by atoms with van der Waals surface area (Å²) in [6.45, 7) is 4.19. The van der Waals surface area contributed by atoms with Gasteiger partial charge in [0.2, 0.25) is 0 Å². The third-order valence-corrected chi connectivity index (χ3v) is 3.72. The number of hydrogen-bond acceptors (Lipinski definition) is 3. The molecule has 1 aliphatic rings. The van der Waals surface area contributed by atoms with Crippen LogP contribution in [0.1, 0.15) is 25.8 Å². The lowest BCUT2D eigenvalue weighted by molar-refractivity contribution is -0.102. The van der Waals surface area contributed by atoms with Gasteiger partial charge in [0.25, 0.3) is 0 Å². The van der Waals surface area contributed by atoms with Gasteiger partial charge in [0.1, 0.15) is 11.5 Å². The van der Waals surface area contributed by atoms with Crippen molar-refractivity contribution in [3.8, 4) is 0 Å². The lowest BCUT2D eigenvalue weighted by atomic mass is 10.0. The molecule has 4 heteroatoms. The molecular weight excluding hydrogens is 296 g/mol. The lowest BCUT2D eigenvalue weighted by Gasteiger charge is -2.22. The number of carbonyl (C=O) groups is 1. The van der Waals surface area contributed by atoms with Crippen LogP contribution in [0.15, 0.2) is 59.0 Å². The molecule has 0 unspecified atom stereocenters. The molecular formula is C18H19ClN2O. The van der Waals surface area contributed by atoms with Gasteiger partial charge in [-0.1, -0.05) is 42.3 Å². The number of benzene rings is 1. The number of rotatable bonds is 4.